The van der Waals surface area contributed by atoms with Crippen molar-refractivity contribution in [3.63, 3.8) is 0 Å². The molecule has 1 aromatic rings. The van der Waals surface area contributed by atoms with Gasteiger partial charge in [-0.2, -0.15) is 0 Å². The highest BCUT2D eigenvalue weighted by Crippen LogP contribution is 2.10. The van der Waals surface area contributed by atoms with Crippen LogP contribution in [-0.2, 0) is 16.0 Å². The van der Waals surface area contributed by atoms with E-state index < -0.39 is 0 Å². The molecule has 0 aromatic carbocycles. The molecule has 0 aliphatic rings. The summed E-state index contributed by atoms with van der Waals surface area (Å²) in [4.78, 5) is 5.48. The summed E-state index contributed by atoms with van der Waals surface area (Å²) in [6, 6.07) is 0.347. The Hall–Kier alpha value is -0.490. The van der Waals surface area contributed by atoms with Crippen molar-refractivity contribution in [1.29, 1.82) is 0 Å². The maximum absolute atomic E-state index is 5.43. The zero-order chi connectivity index (χ0) is 11.8. The lowest BCUT2D eigenvalue weighted by Gasteiger charge is -2.13. The fraction of sp³-hybridized carbons (Fsp3) is 0.727. The summed E-state index contributed by atoms with van der Waals surface area (Å²) in [5.41, 5.74) is 0. The van der Waals surface area contributed by atoms with E-state index in [1.54, 1.807) is 18.4 Å². The highest BCUT2D eigenvalue weighted by atomic mass is 32.1. The van der Waals surface area contributed by atoms with E-state index in [1.165, 1.54) is 4.88 Å². The minimum atomic E-state index is 0.347. The van der Waals surface area contributed by atoms with Crippen LogP contribution in [0.25, 0.3) is 0 Å². The van der Waals surface area contributed by atoms with E-state index in [0.29, 0.717) is 25.9 Å². The second kappa shape index (κ2) is 7.73. The lowest BCUT2D eigenvalue weighted by Crippen LogP contribution is -2.30. The number of thiazole rings is 1. The van der Waals surface area contributed by atoms with Gasteiger partial charge in [0.15, 0.2) is 0 Å². The van der Waals surface area contributed by atoms with E-state index in [1.807, 2.05) is 13.1 Å². The van der Waals surface area contributed by atoms with Crippen molar-refractivity contribution in [2.75, 3.05) is 26.9 Å². The van der Waals surface area contributed by atoms with Gasteiger partial charge in [-0.3, -0.25) is 0 Å². The fourth-order valence-corrected chi connectivity index (χ4v) is 1.97. The van der Waals surface area contributed by atoms with E-state index in [0.717, 1.165) is 11.6 Å². The average molecular weight is 244 g/mol. The first-order valence-electron chi connectivity index (χ1n) is 5.43. The summed E-state index contributed by atoms with van der Waals surface area (Å²) >= 11 is 1.73. The predicted molar refractivity (Wildman–Crippen MR) is 65.8 cm³/mol. The molecule has 0 aliphatic carbocycles. The molecular weight excluding hydrogens is 224 g/mol. The number of nitrogens with one attached hydrogen (secondary N) is 1. The van der Waals surface area contributed by atoms with Gasteiger partial charge in [-0.25, -0.2) is 4.98 Å². The van der Waals surface area contributed by atoms with Crippen LogP contribution in [0, 0.1) is 6.92 Å². The first-order chi connectivity index (χ1) is 7.72. The minimum Gasteiger partial charge on any atom is -0.382 e. The third kappa shape index (κ3) is 5.55. The molecule has 0 radical (unpaired) electrons. The van der Waals surface area contributed by atoms with E-state index in [2.05, 4.69) is 17.2 Å². The van der Waals surface area contributed by atoms with E-state index in [9.17, 15) is 0 Å². The average Bonchev–Trinajstić information content (AvgIpc) is 2.68. The molecular formula is C11H20N2O2S. The first-order valence-corrected chi connectivity index (χ1v) is 6.25. The molecule has 1 unspecified atom stereocenters. The topological polar surface area (TPSA) is 43.4 Å². The van der Waals surface area contributed by atoms with Crippen LogP contribution >= 0.6 is 11.3 Å². The molecule has 0 amide bonds. The molecule has 0 fully saturated rings. The summed E-state index contributed by atoms with van der Waals surface area (Å²) in [6.45, 7) is 7.01. The summed E-state index contributed by atoms with van der Waals surface area (Å²) in [5.74, 6) is 0. The lowest BCUT2D eigenvalue weighted by atomic mass is 10.3. The Morgan fingerprint density at radius 1 is 1.50 bits per heavy atom. The smallest absolute Gasteiger partial charge is 0.0897 e. The van der Waals surface area contributed by atoms with Gasteiger partial charge in [-0.1, -0.05) is 0 Å². The standard InChI is InChI=1S/C11H20N2O2S/c1-9(8-15-5-4-14-3)12-6-11-7-13-10(2)16-11/h7,9,12H,4-6,8H2,1-3H3. The fourth-order valence-electron chi connectivity index (χ4n) is 1.22. The molecule has 1 rings (SSSR count). The molecule has 0 bridgehead atoms. The predicted octanol–water partition coefficient (Wildman–Crippen LogP) is 1.59. The van der Waals surface area contributed by atoms with Crippen molar-refractivity contribution < 1.29 is 9.47 Å². The Kier molecular flexibility index (Phi) is 6.56. The van der Waals surface area contributed by atoms with Crippen LogP contribution in [0.4, 0.5) is 0 Å². The van der Waals surface area contributed by atoms with E-state index in [-0.39, 0.29) is 0 Å². The maximum Gasteiger partial charge on any atom is 0.0897 e. The van der Waals surface area contributed by atoms with Crippen LogP contribution in [-0.4, -0.2) is 38.0 Å². The van der Waals surface area contributed by atoms with Crippen LogP contribution in [0.5, 0.6) is 0 Å². The number of nitrogens with zero attached hydrogens (tertiary/aromatic N) is 1. The largest absolute Gasteiger partial charge is 0.382 e. The third-order valence-electron chi connectivity index (χ3n) is 2.09. The minimum absolute atomic E-state index is 0.347. The van der Waals surface area contributed by atoms with Crippen molar-refractivity contribution in [3.8, 4) is 0 Å². The van der Waals surface area contributed by atoms with Crippen molar-refractivity contribution >= 4 is 11.3 Å². The maximum atomic E-state index is 5.43. The van der Waals surface area contributed by atoms with Gasteiger partial charge in [0.2, 0.25) is 0 Å². The Bertz CT molecular complexity index is 291. The van der Waals surface area contributed by atoms with Gasteiger partial charge in [0.05, 0.1) is 24.8 Å². The number of rotatable bonds is 8. The zero-order valence-corrected chi connectivity index (χ0v) is 11.0. The van der Waals surface area contributed by atoms with Crippen molar-refractivity contribution in [2.24, 2.45) is 0 Å². The summed E-state index contributed by atoms with van der Waals surface area (Å²) < 4.78 is 10.3. The number of methoxy groups -OCH3 is 1. The number of aryl methyl sites for hydroxylation is 1. The van der Waals surface area contributed by atoms with Gasteiger partial charge in [0.1, 0.15) is 0 Å². The third-order valence-corrected chi connectivity index (χ3v) is 3.01. The van der Waals surface area contributed by atoms with Crippen LogP contribution in [0.2, 0.25) is 0 Å². The van der Waals surface area contributed by atoms with Gasteiger partial charge in [-0.15, -0.1) is 11.3 Å². The first kappa shape index (κ1) is 13.6. The number of aromatic nitrogens is 1. The Morgan fingerprint density at radius 2 is 2.31 bits per heavy atom. The molecule has 1 heterocycles. The summed E-state index contributed by atoms with van der Waals surface area (Å²) in [6.07, 6.45) is 1.92. The second-order valence-corrected chi connectivity index (χ2v) is 5.01. The molecule has 16 heavy (non-hydrogen) atoms. The van der Waals surface area contributed by atoms with Crippen LogP contribution in [0.3, 0.4) is 0 Å². The monoisotopic (exact) mass is 244 g/mol. The van der Waals surface area contributed by atoms with E-state index in [4.69, 9.17) is 9.47 Å². The van der Waals surface area contributed by atoms with Crippen molar-refractivity contribution in [2.45, 2.75) is 26.4 Å². The van der Waals surface area contributed by atoms with Crippen molar-refractivity contribution in [3.05, 3.63) is 16.1 Å². The molecule has 0 saturated carbocycles. The number of hydrogen-bond acceptors (Lipinski definition) is 5. The Labute approximate surface area is 101 Å². The number of ether oxygens (including phenoxy) is 2. The van der Waals surface area contributed by atoms with Gasteiger partial charge in [-0.05, 0) is 13.8 Å². The second-order valence-electron chi connectivity index (χ2n) is 3.70. The number of hydrogen-bond donors (Lipinski definition) is 1. The summed E-state index contributed by atoms with van der Waals surface area (Å²) in [7, 11) is 1.68. The molecule has 0 spiro atoms. The van der Waals surface area contributed by atoms with Gasteiger partial charge in [0.25, 0.3) is 0 Å². The molecule has 0 saturated heterocycles. The Balaban J connectivity index is 2.08. The van der Waals surface area contributed by atoms with Gasteiger partial charge >= 0.3 is 0 Å². The van der Waals surface area contributed by atoms with Gasteiger partial charge < -0.3 is 14.8 Å². The molecule has 0 aliphatic heterocycles. The highest BCUT2D eigenvalue weighted by Gasteiger charge is 2.03. The SMILES string of the molecule is COCCOCC(C)NCc1cnc(C)s1. The molecule has 92 valence electrons. The Morgan fingerprint density at radius 3 is 2.94 bits per heavy atom. The zero-order valence-electron chi connectivity index (χ0n) is 10.2. The van der Waals surface area contributed by atoms with Gasteiger partial charge in [0, 0.05) is 30.8 Å². The lowest BCUT2D eigenvalue weighted by molar-refractivity contribution is 0.0609. The quantitative estimate of drug-likeness (QED) is 0.705. The van der Waals surface area contributed by atoms with E-state index >= 15 is 0 Å². The molecule has 1 atom stereocenters. The normalized spacial score (nSPS) is 12.9. The van der Waals surface area contributed by atoms with Crippen LogP contribution < -0.4 is 5.32 Å². The molecule has 1 aromatic heterocycles. The molecule has 5 heteroatoms. The van der Waals surface area contributed by atoms with Crippen LogP contribution in [0.1, 0.15) is 16.8 Å². The molecule has 4 nitrogen and oxygen atoms in total. The van der Waals surface area contributed by atoms with Crippen LogP contribution in [0.15, 0.2) is 6.20 Å². The highest BCUT2D eigenvalue weighted by molar-refractivity contribution is 7.11. The molecule has 1 N–H and O–H groups in total. The summed E-state index contributed by atoms with van der Waals surface area (Å²) in [5, 5.41) is 4.51. The van der Waals surface area contributed by atoms with Crippen molar-refractivity contribution in [1.82, 2.24) is 10.3 Å².